The van der Waals surface area contributed by atoms with Gasteiger partial charge in [-0.1, -0.05) is 18.2 Å². The molecule has 7 heteroatoms. The molecular formula is C15H16N4O3. The van der Waals surface area contributed by atoms with E-state index in [0.29, 0.717) is 17.7 Å². The number of para-hydroxylation sites is 1. The number of phenolic OH excluding ortho intramolecular Hbond substituents is 1. The fourth-order valence-electron chi connectivity index (χ4n) is 1.94. The third kappa shape index (κ3) is 4.02. The predicted molar refractivity (Wildman–Crippen MR) is 82.6 cm³/mol. The number of carbonyl (C=O) groups excluding carboxylic acids is 2. The molecule has 7 nitrogen and oxygen atoms in total. The van der Waals surface area contributed by atoms with E-state index < -0.39 is 0 Å². The fraction of sp³-hybridized carbons (Fsp3) is 0.200. The number of hydrogen-bond donors (Lipinski definition) is 3. The molecule has 1 aromatic carbocycles. The first-order chi connectivity index (χ1) is 10.6. The molecule has 2 amide bonds. The first kappa shape index (κ1) is 15.4. The molecule has 0 saturated carbocycles. The smallest absolute Gasteiger partial charge is 0.245 e. The zero-order valence-corrected chi connectivity index (χ0v) is 11.9. The van der Waals surface area contributed by atoms with Gasteiger partial charge in [0.1, 0.15) is 5.75 Å². The molecule has 1 heterocycles. The van der Waals surface area contributed by atoms with Crippen LogP contribution in [-0.2, 0) is 16.0 Å². The van der Waals surface area contributed by atoms with Crippen molar-refractivity contribution in [1.29, 1.82) is 0 Å². The van der Waals surface area contributed by atoms with Crippen molar-refractivity contribution in [1.82, 2.24) is 10.9 Å². The fourth-order valence-corrected chi connectivity index (χ4v) is 1.94. The standard InChI is InChI=1S/C15H16N4O3/c1-2-4-10-5-3-6-11(15(10)22)9-16-18-13(20)7-12-8-14(21)19-17-12/h2-3,5-6,9,22H,1,4,7-8H2,(H,18,20)(H,19,21). The molecule has 22 heavy (non-hydrogen) atoms. The van der Waals surface area contributed by atoms with Crippen molar-refractivity contribution in [2.75, 3.05) is 0 Å². The summed E-state index contributed by atoms with van der Waals surface area (Å²) in [5.41, 5.74) is 6.30. The van der Waals surface area contributed by atoms with E-state index >= 15 is 0 Å². The summed E-state index contributed by atoms with van der Waals surface area (Å²) in [7, 11) is 0. The highest BCUT2D eigenvalue weighted by atomic mass is 16.3. The molecule has 114 valence electrons. The Kier molecular flexibility index (Phi) is 5.02. The number of phenols is 1. The Labute approximate surface area is 127 Å². The highest BCUT2D eigenvalue weighted by molar-refractivity contribution is 6.11. The van der Waals surface area contributed by atoms with Gasteiger partial charge in [-0.3, -0.25) is 9.59 Å². The van der Waals surface area contributed by atoms with Crippen molar-refractivity contribution < 1.29 is 14.7 Å². The van der Waals surface area contributed by atoms with Crippen molar-refractivity contribution in [2.24, 2.45) is 10.2 Å². The Hall–Kier alpha value is -2.96. The molecule has 0 fully saturated rings. The van der Waals surface area contributed by atoms with Gasteiger partial charge in [-0.05, 0) is 18.1 Å². The number of aromatic hydroxyl groups is 1. The average molecular weight is 300 g/mol. The topological polar surface area (TPSA) is 103 Å². The number of hydrogen-bond acceptors (Lipinski definition) is 5. The minimum absolute atomic E-state index is 0.00142. The third-order valence-corrected chi connectivity index (χ3v) is 2.98. The summed E-state index contributed by atoms with van der Waals surface area (Å²) in [4.78, 5) is 22.6. The van der Waals surface area contributed by atoms with E-state index in [1.54, 1.807) is 24.3 Å². The number of nitrogens with zero attached hydrogens (tertiary/aromatic N) is 2. The van der Waals surface area contributed by atoms with Crippen LogP contribution in [0, 0.1) is 0 Å². The van der Waals surface area contributed by atoms with Crippen LogP contribution in [0.3, 0.4) is 0 Å². The van der Waals surface area contributed by atoms with Crippen LogP contribution in [0.2, 0.25) is 0 Å². The van der Waals surface area contributed by atoms with Gasteiger partial charge in [-0.15, -0.1) is 6.58 Å². The summed E-state index contributed by atoms with van der Waals surface area (Å²) < 4.78 is 0. The van der Waals surface area contributed by atoms with E-state index in [4.69, 9.17) is 0 Å². The number of nitrogens with one attached hydrogen (secondary N) is 2. The average Bonchev–Trinajstić information content (AvgIpc) is 2.88. The molecule has 0 aromatic heterocycles. The highest BCUT2D eigenvalue weighted by Gasteiger charge is 2.17. The number of hydrazone groups is 2. The molecule has 1 aliphatic heterocycles. The van der Waals surface area contributed by atoms with Gasteiger partial charge in [0.2, 0.25) is 11.8 Å². The van der Waals surface area contributed by atoms with Crippen LogP contribution < -0.4 is 10.9 Å². The molecule has 0 radical (unpaired) electrons. The Morgan fingerprint density at radius 3 is 3.05 bits per heavy atom. The summed E-state index contributed by atoms with van der Waals surface area (Å²) in [6.07, 6.45) is 3.72. The van der Waals surface area contributed by atoms with Gasteiger partial charge < -0.3 is 5.11 Å². The van der Waals surface area contributed by atoms with Crippen molar-refractivity contribution in [3.05, 3.63) is 42.0 Å². The molecule has 1 aromatic rings. The maximum atomic E-state index is 11.6. The number of carbonyl (C=O) groups is 2. The minimum Gasteiger partial charge on any atom is -0.507 e. The Morgan fingerprint density at radius 1 is 1.55 bits per heavy atom. The van der Waals surface area contributed by atoms with E-state index in [1.807, 2.05) is 0 Å². The second kappa shape index (κ2) is 7.16. The molecule has 0 unspecified atom stereocenters. The van der Waals surface area contributed by atoms with Crippen molar-refractivity contribution in [2.45, 2.75) is 19.3 Å². The van der Waals surface area contributed by atoms with E-state index in [0.717, 1.165) is 5.56 Å². The lowest BCUT2D eigenvalue weighted by atomic mass is 10.1. The Balaban J connectivity index is 1.92. The minimum atomic E-state index is -0.381. The summed E-state index contributed by atoms with van der Waals surface area (Å²) in [6, 6.07) is 5.25. The number of allylic oxidation sites excluding steroid dienone is 1. The van der Waals surface area contributed by atoms with Gasteiger partial charge in [-0.2, -0.15) is 10.2 Å². The molecule has 0 saturated heterocycles. The number of benzene rings is 1. The van der Waals surface area contributed by atoms with E-state index in [9.17, 15) is 14.7 Å². The van der Waals surface area contributed by atoms with Gasteiger partial charge in [0.15, 0.2) is 0 Å². The molecule has 0 bridgehead atoms. The summed E-state index contributed by atoms with van der Waals surface area (Å²) in [5, 5.41) is 17.5. The predicted octanol–water partition coefficient (Wildman–Crippen LogP) is 0.837. The van der Waals surface area contributed by atoms with Gasteiger partial charge in [0.25, 0.3) is 0 Å². The summed E-state index contributed by atoms with van der Waals surface area (Å²) >= 11 is 0. The number of amides is 2. The maximum Gasteiger partial charge on any atom is 0.245 e. The Morgan fingerprint density at radius 2 is 2.36 bits per heavy atom. The summed E-state index contributed by atoms with van der Waals surface area (Å²) in [6.45, 7) is 3.62. The van der Waals surface area contributed by atoms with Crippen LogP contribution in [-0.4, -0.2) is 28.8 Å². The van der Waals surface area contributed by atoms with E-state index in [1.165, 1.54) is 6.21 Å². The first-order valence-electron chi connectivity index (χ1n) is 6.68. The second-order valence-corrected chi connectivity index (χ2v) is 4.71. The van der Waals surface area contributed by atoms with Crippen LogP contribution in [0.15, 0.2) is 41.1 Å². The van der Waals surface area contributed by atoms with Gasteiger partial charge in [0.05, 0.1) is 24.8 Å². The quantitative estimate of drug-likeness (QED) is 0.412. The van der Waals surface area contributed by atoms with Gasteiger partial charge in [0, 0.05) is 5.56 Å². The van der Waals surface area contributed by atoms with Crippen molar-refractivity contribution >= 4 is 23.7 Å². The van der Waals surface area contributed by atoms with E-state index in [-0.39, 0.29) is 30.4 Å². The molecule has 0 spiro atoms. The third-order valence-electron chi connectivity index (χ3n) is 2.98. The lowest BCUT2D eigenvalue weighted by molar-refractivity contribution is -0.119. The molecule has 0 aliphatic carbocycles. The zero-order chi connectivity index (χ0) is 15.9. The van der Waals surface area contributed by atoms with Crippen LogP contribution >= 0.6 is 0 Å². The largest absolute Gasteiger partial charge is 0.507 e. The van der Waals surface area contributed by atoms with Gasteiger partial charge >= 0.3 is 0 Å². The van der Waals surface area contributed by atoms with Crippen molar-refractivity contribution in [3.8, 4) is 5.75 Å². The molecule has 3 N–H and O–H groups in total. The molecule has 0 atom stereocenters. The van der Waals surface area contributed by atoms with Crippen LogP contribution in [0.1, 0.15) is 24.0 Å². The second-order valence-electron chi connectivity index (χ2n) is 4.71. The normalized spacial score (nSPS) is 13.8. The lowest BCUT2D eigenvalue weighted by Crippen LogP contribution is -2.20. The monoisotopic (exact) mass is 300 g/mol. The SMILES string of the molecule is C=CCc1cccc(C=NNC(=O)CC2=NNC(=O)C2)c1O. The maximum absolute atomic E-state index is 11.6. The van der Waals surface area contributed by atoms with E-state index in [2.05, 4.69) is 27.6 Å². The zero-order valence-electron chi connectivity index (χ0n) is 11.9. The Bertz CT molecular complexity index is 665. The lowest BCUT2D eigenvalue weighted by Gasteiger charge is -2.04. The first-order valence-corrected chi connectivity index (χ1v) is 6.68. The molecule has 2 rings (SSSR count). The molecule has 1 aliphatic rings. The summed E-state index contributed by atoms with van der Waals surface area (Å²) in [5.74, 6) is -0.501. The van der Waals surface area contributed by atoms with Crippen LogP contribution in [0.25, 0.3) is 0 Å². The number of rotatable bonds is 6. The van der Waals surface area contributed by atoms with Crippen molar-refractivity contribution in [3.63, 3.8) is 0 Å². The van der Waals surface area contributed by atoms with Gasteiger partial charge in [-0.25, -0.2) is 10.9 Å². The van der Waals surface area contributed by atoms with Crippen LogP contribution in [0.5, 0.6) is 5.75 Å². The molecular weight excluding hydrogens is 284 g/mol. The highest BCUT2D eigenvalue weighted by Crippen LogP contribution is 2.21. The van der Waals surface area contributed by atoms with Crippen LogP contribution in [0.4, 0.5) is 0 Å².